The van der Waals surface area contributed by atoms with Crippen LogP contribution in [0.15, 0.2) is 77.7 Å². The maximum atomic E-state index is 14.2. The molecule has 1 N–H and O–H groups in total. The van der Waals surface area contributed by atoms with Crippen molar-refractivity contribution < 1.29 is 22.7 Å². The molecule has 0 unspecified atom stereocenters. The predicted octanol–water partition coefficient (Wildman–Crippen LogP) is 5.57. The molecule has 0 aliphatic carbocycles. The van der Waals surface area contributed by atoms with Crippen molar-refractivity contribution in [2.75, 3.05) is 18.0 Å². The lowest BCUT2D eigenvalue weighted by Crippen LogP contribution is -2.53. The van der Waals surface area contributed by atoms with Crippen LogP contribution in [0, 0.1) is 6.92 Å². The highest BCUT2D eigenvalue weighted by molar-refractivity contribution is 7.92. The van der Waals surface area contributed by atoms with Gasteiger partial charge in [-0.05, 0) is 68.7 Å². The van der Waals surface area contributed by atoms with E-state index in [9.17, 15) is 18.0 Å². The summed E-state index contributed by atoms with van der Waals surface area (Å²) in [7, 11) is -2.76. The van der Waals surface area contributed by atoms with E-state index in [0.29, 0.717) is 17.2 Å². The number of nitrogens with one attached hydrogen (secondary N) is 1. The highest BCUT2D eigenvalue weighted by atomic mass is 35.5. The molecule has 3 aromatic carbocycles. The van der Waals surface area contributed by atoms with Crippen LogP contribution in [-0.2, 0) is 26.2 Å². The maximum absolute atomic E-state index is 14.2. The SMILES string of the molecule is CC[C@@H](C)NC(=O)[C@@H](CC)N(Cc1ccc(Cl)cc1)C(=O)CN(c1ccccc1OC)S(=O)(=O)c1ccc(C)cc1. The summed E-state index contributed by atoms with van der Waals surface area (Å²) in [5.41, 5.74) is 1.87. The van der Waals surface area contributed by atoms with Crippen molar-refractivity contribution in [1.29, 1.82) is 0 Å². The molecule has 0 aliphatic heterocycles. The summed E-state index contributed by atoms with van der Waals surface area (Å²) in [6.45, 7) is 7.09. The Morgan fingerprint density at radius 3 is 2.17 bits per heavy atom. The lowest BCUT2D eigenvalue weighted by molar-refractivity contribution is -0.140. The van der Waals surface area contributed by atoms with Crippen molar-refractivity contribution in [2.45, 2.75) is 64.1 Å². The molecule has 0 saturated heterocycles. The first-order valence-corrected chi connectivity index (χ1v) is 15.4. The van der Waals surface area contributed by atoms with Crippen molar-refractivity contribution >= 4 is 39.1 Å². The largest absolute Gasteiger partial charge is 0.495 e. The maximum Gasteiger partial charge on any atom is 0.264 e. The van der Waals surface area contributed by atoms with Gasteiger partial charge in [0, 0.05) is 17.6 Å². The molecule has 220 valence electrons. The van der Waals surface area contributed by atoms with Crippen molar-refractivity contribution in [3.05, 3.63) is 88.9 Å². The quantitative estimate of drug-likeness (QED) is 0.277. The van der Waals surface area contributed by atoms with E-state index in [4.69, 9.17) is 16.3 Å². The standard InChI is InChI=1S/C31H38ClN3O5S/c1-6-23(4)33-31(37)27(7-2)34(20-24-14-16-25(32)17-15-24)30(36)21-35(28-10-8-9-11-29(28)40-5)41(38,39)26-18-12-22(3)13-19-26/h8-19,23,27H,6-7,20-21H2,1-5H3,(H,33,37)/t23-,27-/m1/s1. The number of rotatable bonds is 13. The fourth-order valence-corrected chi connectivity index (χ4v) is 5.88. The molecule has 2 atom stereocenters. The summed E-state index contributed by atoms with van der Waals surface area (Å²) in [4.78, 5) is 29.0. The number of nitrogens with zero attached hydrogens (tertiary/aromatic N) is 2. The molecule has 8 nitrogen and oxygen atoms in total. The number of aryl methyl sites for hydroxylation is 1. The van der Waals surface area contributed by atoms with Gasteiger partial charge in [-0.1, -0.05) is 67.4 Å². The van der Waals surface area contributed by atoms with Crippen LogP contribution in [0.4, 0.5) is 5.69 Å². The van der Waals surface area contributed by atoms with E-state index in [-0.39, 0.29) is 29.1 Å². The average molecular weight is 600 g/mol. The van der Waals surface area contributed by atoms with E-state index in [1.807, 2.05) is 27.7 Å². The third-order valence-corrected chi connectivity index (χ3v) is 8.92. The van der Waals surface area contributed by atoms with Crippen LogP contribution in [0.3, 0.4) is 0 Å². The van der Waals surface area contributed by atoms with Crippen molar-refractivity contribution in [3.63, 3.8) is 0 Å². The molecule has 0 aliphatic rings. The molecule has 0 spiro atoms. The average Bonchev–Trinajstić information content (AvgIpc) is 2.96. The summed E-state index contributed by atoms with van der Waals surface area (Å²) in [5, 5.41) is 3.51. The number of carbonyl (C=O) groups excluding carboxylic acids is 2. The zero-order valence-electron chi connectivity index (χ0n) is 24.1. The van der Waals surface area contributed by atoms with Crippen molar-refractivity contribution in [1.82, 2.24) is 10.2 Å². The number of sulfonamides is 1. The number of halogens is 1. The first-order chi connectivity index (χ1) is 19.5. The molecular formula is C31H38ClN3O5S. The third-order valence-electron chi connectivity index (χ3n) is 6.89. The zero-order chi connectivity index (χ0) is 30.2. The van der Waals surface area contributed by atoms with E-state index in [1.54, 1.807) is 60.7 Å². The van der Waals surface area contributed by atoms with Gasteiger partial charge >= 0.3 is 0 Å². The number of ether oxygens (including phenoxy) is 1. The minimum absolute atomic E-state index is 0.0348. The topological polar surface area (TPSA) is 96.0 Å². The van der Waals surface area contributed by atoms with Gasteiger partial charge in [-0.15, -0.1) is 0 Å². The van der Waals surface area contributed by atoms with Crippen LogP contribution < -0.4 is 14.4 Å². The Kier molecular flexibility index (Phi) is 11.2. The molecule has 3 rings (SSSR count). The highest BCUT2D eigenvalue weighted by Gasteiger charge is 2.35. The molecule has 0 heterocycles. The Labute approximate surface area is 248 Å². The summed E-state index contributed by atoms with van der Waals surface area (Å²) in [6, 6.07) is 19.1. The molecule has 41 heavy (non-hydrogen) atoms. The molecule has 0 saturated carbocycles. The van der Waals surface area contributed by atoms with Crippen LogP contribution in [0.2, 0.25) is 5.02 Å². The summed E-state index contributed by atoms with van der Waals surface area (Å²) in [6.07, 6.45) is 1.06. The van der Waals surface area contributed by atoms with E-state index < -0.39 is 28.5 Å². The van der Waals surface area contributed by atoms with E-state index in [2.05, 4.69) is 5.32 Å². The Bertz CT molecular complexity index is 1430. The number of para-hydroxylation sites is 2. The smallest absolute Gasteiger partial charge is 0.264 e. The number of benzene rings is 3. The summed E-state index contributed by atoms with van der Waals surface area (Å²) < 4.78 is 34.6. The molecule has 10 heteroatoms. The first-order valence-electron chi connectivity index (χ1n) is 13.6. The molecule has 0 aromatic heterocycles. The van der Waals surface area contributed by atoms with Crippen molar-refractivity contribution in [2.24, 2.45) is 0 Å². The number of amides is 2. The highest BCUT2D eigenvalue weighted by Crippen LogP contribution is 2.32. The fraction of sp³-hybridized carbons (Fsp3) is 0.355. The minimum Gasteiger partial charge on any atom is -0.495 e. The number of methoxy groups -OCH3 is 1. The van der Waals surface area contributed by atoms with Crippen LogP contribution in [-0.4, -0.2) is 50.9 Å². The Morgan fingerprint density at radius 2 is 1.59 bits per heavy atom. The van der Waals surface area contributed by atoms with Crippen LogP contribution >= 0.6 is 11.6 Å². The second-order valence-electron chi connectivity index (χ2n) is 9.89. The molecule has 0 bridgehead atoms. The number of anilines is 1. The van der Waals surface area contributed by atoms with Gasteiger partial charge in [0.05, 0.1) is 17.7 Å². The monoisotopic (exact) mass is 599 g/mol. The fourth-order valence-electron chi connectivity index (χ4n) is 4.33. The van der Waals surface area contributed by atoms with Crippen LogP contribution in [0.1, 0.15) is 44.7 Å². The summed E-state index contributed by atoms with van der Waals surface area (Å²) >= 11 is 6.08. The van der Waals surface area contributed by atoms with Gasteiger partial charge in [0.25, 0.3) is 10.0 Å². The van der Waals surface area contributed by atoms with Gasteiger partial charge in [-0.3, -0.25) is 13.9 Å². The van der Waals surface area contributed by atoms with E-state index in [1.165, 1.54) is 24.1 Å². The lowest BCUT2D eigenvalue weighted by Gasteiger charge is -2.34. The van der Waals surface area contributed by atoms with Gasteiger partial charge in [-0.25, -0.2) is 8.42 Å². The molecule has 2 amide bonds. The van der Waals surface area contributed by atoms with Crippen LogP contribution in [0.25, 0.3) is 0 Å². The Balaban J connectivity index is 2.09. The molecular weight excluding hydrogens is 562 g/mol. The first kappa shape index (κ1) is 32.0. The number of hydrogen-bond donors (Lipinski definition) is 1. The summed E-state index contributed by atoms with van der Waals surface area (Å²) in [5.74, 6) is -0.538. The predicted molar refractivity (Wildman–Crippen MR) is 163 cm³/mol. The van der Waals surface area contributed by atoms with Gasteiger partial charge in [-0.2, -0.15) is 0 Å². The van der Waals surface area contributed by atoms with Gasteiger partial charge in [0.15, 0.2) is 0 Å². The van der Waals surface area contributed by atoms with Crippen molar-refractivity contribution in [3.8, 4) is 5.75 Å². The van der Waals surface area contributed by atoms with E-state index >= 15 is 0 Å². The zero-order valence-corrected chi connectivity index (χ0v) is 25.7. The minimum atomic E-state index is -4.20. The third kappa shape index (κ3) is 8.01. The Morgan fingerprint density at radius 1 is 0.951 bits per heavy atom. The molecule has 3 aromatic rings. The van der Waals surface area contributed by atoms with Gasteiger partial charge in [0.1, 0.15) is 18.3 Å². The lowest BCUT2D eigenvalue weighted by atomic mass is 10.1. The Hall–Kier alpha value is -3.56. The number of hydrogen-bond acceptors (Lipinski definition) is 5. The van der Waals surface area contributed by atoms with Crippen LogP contribution in [0.5, 0.6) is 5.75 Å². The normalized spacial score (nSPS) is 12.7. The number of carbonyl (C=O) groups is 2. The van der Waals surface area contributed by atoms with Gasteiger partial charge in [0.2, 0.25) is 11.8 Å². The molecule has 0 fully saturated rings. The second-order valence-corrected chi connectivity index (χ2v) is 12.2. The molecule has 0 radical (unpaired) electrons. The van der Waals surface area contributed by atoms with Gasteiger partial charge < -0.3 is 15.0 Å². The van der Waals surface area contributed by atoms with E-state index in [0.717, 1.165) is 21.9 Å². The second kappa shape index (κ2) is 14.4.